The first kappa shape index (κ1) is 16.2. The van der Waals surface area contributed by atoms with Gasteiger partial charge in [-0.1, -0.05) is 0 Å². The number of nitrogens with zero attached hydrogens (tertiary/aromatic N) is 4. The van der Waals surface area contributed by atoms with Crippen molar-refractivity contribution in [2.24, 2.45) is 0 Å². The summed E-state index contributed by atoms with van der Waals surface area (Å²) >= 11 is 0. The van der Waals surface area contributed by atoms with E-state index in [4.69, 9.17) is 4.74 Å². The van der Waals surface area contributed by atoms with Crippen LogP contribution in [0.5, 0.6) is 5.75 Å². The zero-order valence-electron chi connectivity index (χ0n) is 13.3. The van der Waals surface area contributed by atoms with Crippen molar-refractivity contribution in [1.29, 1.82) is 0 Å². The number of amides is 1. The monoisotopic (exact) mass is 330 g/mol. The van der Waals surface area contributed by atoms with Gasteiger partial charge in [-0.2, -0.15) is 0 Å². The van der Waals surface area contributed by atoms with Crippen LogP contribution in [0, 0.1) is 5.82 Å². The summed E-state index contributed by atoms with van der Waals surface area (Å²) in [7, 11) is 0. The van der Waals surface area contributed by atoms with E-state index in [2.05, 4.69) is 14.9 Å². The molecule has 1 amide bonds. The van der Waals surface area contributed by atoms with Gasteiger partial charge in [0.25, 0.3) is 0 Å². The van der Waals surface area contributed by atoms with Gasteiger partial charge in [-0.25, -0.2) is 14.4 Å². The molecule has 7 heteroatoms. The third kappa shape index (κ3) is 4.18. The number of ether oxygens (including phenoxy) is 1. The summed E-state index contributed by atoms with van der Waals surface area (Å²) in [5.41, 5.74) is 0. The maximum absolute atomic E-state index is 12.8. The molecule has 0 bridgehead atoms. The summed E-state index contributed by atoms with van der Waals surface area (Å²) in [5.74, 6) is 1.02. The number of benzene rings is 1. The molecule has 0 spiro atoms. The predicted octanol–water partition coefficient (Wildman–Crippen LogP) is 1.73. The zero-order chi connectivity index (χ0) is 16.8. The summed E-state index contributed by atoms with van der Waals surface area (Å²) in [5, 5.41) is 0. The second-order valence-electron chi connectivity index (χ2n) is 5.47. The molecule has 1 saturated heterocycles. The Labute approximate surface area is 139 Å². The summed E-state index contributed by atoms with van der Waals surface area (Å²) in [6.45, 7) is 3.01. The van der Waals surface area contributed by atoms with Crippen molar-refractivity contribution in [2.75, 3.05) is 37.7 Å². The Morgan fingerprint density at radius 3 is 2.42 bits per heavy atom. The molecule has 0 aliphatic carbocycles. The van der Waals surface area contributed by atoms with Gasteiger partial charge in [-0.3, -0.25) is 4.79 Å². The van der Waals surface area contributed by atoms with Crippen molar-refractivity contribution >= 4 is 11.9 Å². The second kappa shape index (κ2) is 7.72. The van der Waals surface area contributed by atoms with Crippen LogP contribution < -0.4 is 9.64 Å². The largest absolute Gasteiger partial charge is 0.493 e. The Bertz CT molecular complexity index is 658. The second-order valence-corrected chi connectivity index (χ2v) is 5.47. The zero-order valence-corrected chi connectivity index (χ0v) is 13.3. The number of carbonyl (C=O) groups excluding carboxylic acids is 1. The van der Waals surface area contributed by atoms with Crippen molar-refractivity contribution in [3.8, 4) is 5.75 Å². The van der Waals surface area contributed by atoms with Gasteiger partial charge in [-0.15, -0.1) is 0 Å². The minimum atomic E-state index is -0.307. The number of aromatic nitrogens is 2. The molecular formula is C17H19FN4O2. The molecule has 0 N–H and O–H groups in total. The lowest BCUT2D eigenvalue weighted by molar-refractivity contribution is -0.132. The molecule has 1 aromatic heterocycles. The molecule has 0 saturated carbocycles. The Hall–Kier alpha value is -2.70. The van der Waals surface area contributed by atoms with Crippen molar-refractivity contribution in [2.45, 2.75) is 6.42 Å². The molecule has 0 unspecified atom stereocenters. The van der Waals surface area contributed by atoms with Crippen LogP contribution in [0.4, 0.5) is 10.3 Å². The van der Waals surface area contributed by atoms with Crippen LogP contribution in [0.1, 0.15) is 6.42 Å². The molecule has 1 aromatic carbocycles. The molecule has 0 atom stereocenters. The number of halogens is 1. The van der Waals surface area contributed by atoms with Gasteiger partial charge in [0, 0.05) is 38.6 Å². The smallest absolute Gasteiger partial charge is 0.226 e. The van der Waals surface area contributed by atoms with Gasteiger partial charge in [0.1, 0.15) is 11.6 Å². The maximum atomic E-state index is 12.8. The van der Waals surface area contributed by atoms with Gasteiger partial charge in [0.2, 0.25) is 11.9 Å². The topological polar surface area (TPSA) is 58.6 Å². The number of piperazine rings is 1. The Morgan fingerprint density at radius 2 is 1.75 bits per heavy atom. The van der Waals surface area contributed by atoms with E-state index >= 15 is 0 Å². The van der Waals surface area contributed by atoms with E-state index in [-0.39, 0.29) is 18.3 Å². The van der Waals surface area contributed by atoms with E-state index in [9.17, 15) is 9.18 Å². The number of hydrogen-bond donors (Lipinski definition) is 0. The lowest BCUT2D eigenvalue weighted by Crippen LogP contribution is -2.49. The van der Waals surface area contributed by atoms with Crippen LogP contribution >= 0.6 is 0 Å². The van der Waals surface area contributed by atoms with Crippen molar-refractivity contribution in [1.82, 2.24) is 14.9 Å². The highest BCUT2D eigenvalue weighted by Crippen LogP contribution is 2.13. The average Bonchev–Trinajstić information content (AvgIpc) is 2.64. The van der Waals surface area contributed by atoms with Crippen LogP contribution in [0.3, 0.4) is 0 Å². The van der Waals surface area contributed by atoms with Gasteiger partial charge in [0.15, 0.2) is 0 Å². The molecular weight excluding hydrogens is 311 g/mol. The minimum Gasteiger partial charge on any atom is -0.493 e. The highest BCUT2D eigenvalue weighted by molar-refractivity contribution is 5.76. The maximum Gasteiger partial charge on any atom is 0.226 e. The molecule has 0 radical (unpaired) electrons. The third-order valence-corrected chi connectivity index (χ3v) is 3.87. The fourth-order valence-corrected chi connectivity index (χ4v) is 2.56. The lowest BCUT2D eigenvalue weighted by atomic mass is 10.3. The van der Waals surface area contributed by atoms with E-state index in [1.807, 2.05) is 4.90 Å². The number of rotatable bonds is 5. The third-order valence-electron chi connectivity index (χ3n) is 3.87. The van der Waals surface area contributed by atoms with Crippen LogP contribution in [0.25, 0.3) is 0 Å². The van der Waals surface area contributed by atoms with Gasteiger partial charge < -0.3 is 14.5 Å². The molecule has 2 heterocycles. The van der Waals surface area contributed by atoms with Gasteiger partial charge in [-0.05, 0) is 30.3 Å². The molecule has 1 aliphatic heterocycles. The van der Waals surface area contributed by atoms with Crippen molar-refractivity contribution in [3.63, 3.8) is 0 Å². The molecule has 2 aromatic rings. The molecule has 3 rings (SSSR count). The van der Waals surface area contributed by atoms with E-state index in [0.717, 1.165) is 0 Å². The standard InChI is InChI=1S/C17H19FN4O2/c18-14-2-4-15(5-3-14)24-13-6-16(23)21-9-11-22(12-10-21)17-19-7-1-8-20-17/h1-5,7-8H,6,9-13H2. The number of carbonyl (C=O) groups is 1. The fraction of sp³-hybridized carbons (Fsp3) is 0.353. The van der Waals surface area contributed by atoms with Crippen LogP contribution in [0.2, 0.25) is 0 Å². The van der Waals surface area contributed by atoms with Gasteiger partial charge in [0.05, 0.1) is 13.0 Å². The first-order chi connectivity index (χ1) is 11.7. The summed E-state index contributed by atoms with van der Waals surface area (Å²) in [4.78, 5) is 24.6. The Morgan fingerprint density at radius 1 is 1.08 bits per heavy atom. The van der Waals surface area contributed by atoms with E-state index in [1.54, 1.807) is 30.6 Å². The number of hydrogen-bond acceptors (Lipinski definition) is 5. The Kier molecular flexibility index (Phi) is 5.20. The molecule has 126 valence electrons. The lowest BCUT2D eigenvalue weighted by Gasteiger charge is -2.34. The highest BCUT2D eigenvalue weighted by atomic mass is 19.1. The van der Waals surface area contributed by atoms with E-state index < -0.39 is 0 Å². The molecule has 24 heavy (non-hydrogen) atoms. The SMILES string of the molecule is O=C(CCOc1ccc(F)cc1)N1CCN(c2ncccn2)CC1. The molecule has 1 fully saturated rings. The quantitative estimate of drug-likeness (QED) is 0.836. The normalized spacial score (nSPS) is 14.5. The van der Waals surface area contributed by atoms with Gasteiger partial charge >= 0.3 is 0 Å². The average molecular weight is 330 g/mol. The predicted molar refractivity (Wildman–Crippen MR) is 87.3 cm³/mol. The Balaban J connectivity index is 1.41. The van der Waals surface area contributed by atoms with E-state index in [1.165, 1.54) is 12.1 Å². The number of anilines is 1. The summed E-state index contributed by atoms with van der Waals surface area (Å²) in [6, 6.07) is 7.56. The first-order valence-electron chi connectivity index (χ1n) is 7.90. The van der Waals surface area contributed by atoms with Crippen molar-refractivity contribution < 1.29 is 13.9 Å². The molecule has 1 aliphatic rings. The fourth-order valence-electron chi connectivity index (χ4n) is 2.56. The molecule has 6 nitrogen and oxygen atoms in total. The van der Waals surface area contributed by atoms with Crippen LogP contribution in [-0.4, -0.2) is 53.6 Å². The van der Waals surface area contributed by atoms with E-state index in [0.29, 0.717) is 44.3 Å². The highest BCUT2D eigenvalue weighted by Gasteiger charge is 2.22. The summed E-state index contributed by atoms with van der Waals surface area (Å²) in [6.07, 6.45) is 3.73. The first-order valence-corrected chi connectivity index (χ1v) is 7.90. The van der Waals surface area contributed by atoms with Crippen LogP contribution in [0.15, 0.2) is 42.7 Å². The minimum absolute atomic E-state index is 0.0609. The summed E-state index contributed by atoms with van der Waals surface area (Å²) < 4.78 is 18.3. The van der Waals surface area contributed by atoms with Crippen molar-refractivity contribution in [3.05, 3.63) is 48.5 Å². The van der Waals surface area contributed by atoms with Crippen LogP contribution in [-0.2, 0) is 4.79 Å².